The highest BCUT2D eigenvalue weighted by atomic mass is 16.4. The Bertz CT molecular complexity index is 579. The number of carbonyl (C=O) groups is 1. The predicted octanol–water partition coefficient (Wildman–Crippen LogP) is 2.75. The minimum absolute atomic E-state index is 0.456. The first-order valence-corrected chi connectivity index (χ1v) is 5.50. The average Bonchev–Trinajstić information content (AvgIpc) is 3.05. The minimum atomic E-state index is -0.819. The van der Waals surface area contributed by atoms with Crippen LogP contribution in [0.4, 0.5) is 0 Å². The van der Waals surface area contributed by atoms with Crippen LogP contribution in [0.3, 0.4) is 0 Å². The monoisotopic (exact) mass is 215 g/mol. The molecule has 1 saturated carbocycles. The van der Waals surface area contributed by atoms with Gasteiger partial charge in [-0.25, -0.2) is 4.79 Å². The van der Waals surface area contributed by atoms with Crippen molar-refractivity contribution in [3.05, 3.63) is 35.5 Å². The lowest BCUT2D eigenvalue weighted by atomic mass is 10.1. The zero-order valence-electron chi connectivity index (χ0n) is 9.10. The lowest BCUT2D eigenvalue weighted by Crippen LogP contribution is -2.06. The van der Waals surface area contributed by atoms with Crippen LogP contribution in [0.5, 0.6) is 0 Å². The Morgan fingerprint density at radius 2 is 2.06 bits per heavy atom. The molecule has 1 aromatic carbocycles. The molecule has 1 heterocycles. The van der Waals surface area contributed by atoms with Crippen molar-refractivity contribution in [3.63, 3.8) is 0 Å². The van der Waals surface area contributed by atoms with Gasteiger partial charge >= 0.3 is 5.97 Å². The maximum Gasteiger partial charge on any atom is 0.352 e. The van der Waals surface area contributed by atoms with Crippen LogP contribution in [0.1, 0.15) is 34.8 Å². The van der Waals surface area contributed by atoms with E-state index in [0.717, 1.165) is 29.3 Å². The summed E-state index contributed by atoms with van der Waals surface area (Å²) in [6, 6.07) is 7.92. The number of aromatic nitrogens is 1. The highest BCUT2D eigenvalue weighted by Crippen LogP contribution is 2.45. The van der Waals surface area contributed by atoms with Crippen molar-refractivity contribution in [2.24, 2.45) is 7.05 Å². The van der Waals surface area contributed by atoms with E-state index >= 15 is 0 Å². The fraction of sp³-hybridized carbons (Fsp3) is 0.308. The molecule has 0 saturated heterocycles. The van der Waals surface area contributed by atoms with Crippen molar-refractivity contribution in [1.82, 2.24) is 4.57 Å². The van der Waals surface area contributed by atoms with E-state index < -0.39 is 5.97 Å². The normalized spacial score (nSPS) is 15.6. The van der Waals surface area contributed by atoms with Crippen LogP contribution in [0.2, 0.25) is 0 Å². The number of hydrogen-bond acceptors (Lipinski definition) is 1. The van der Waals surface area contributed by atoms with Crippen LogP contribution in [0, 0.1) is 0 Å². The molecule has 0 unspecified atom stereocenters. The third-order valence-electron chi connectivity index (χ3n) is 3.33. The standard InChI is InChI=1S/C13H13NO2/c1-14-10-5-3-2-4-9(10)11(8-6-7-8)12(14)13(15)16/h2-5,8H,6-7H2,1H3,(H,15,16). The van der Waals surface area contributed by atoms with E-state index in [1.54, 1.807) is 4.57 Å². The topological polar surface area (TPSA) is 42.2 Å². The number of carboxylic acids is 1. The molecule has 0 spiro atoms. The summed E-state index contributed by atoms with van der Waals surface area (Å²) in [4.78, 5) is 11.3. The molecule has 1 aliphatic carbocycles. The molecule has 1 aliphatic rings. The number of aromatic carboxylic acids is 1. The molecule has 3 nitrogen and oxygen atoms in total. The molecule has 1 fully saturated rings. The van der Waals surface area contributed by atoms with Crippen molar-refractivity contribution < 1.29 is 9.90 Å². The quantitative estimate of drug-likeness (QED) is 0.836. The Kier molecular flexibility index (Phi) is 1.84. The molecule has 3 heteroatoms. The summed E-state index contributed by atoms with van der Waals surface area (Å²) in [5.74, 6) is -0.363. The number of rotatable bonds is 2. The smallest absolute Gasteiger partial charge is 0.352 e. The minimum Gasteiger partial charge on any atom is -0.477 e. The molecule has 0 bridgehead atoms. The molecule has 82 valence electrons. The lowest BCUT2D eigenvalue weighted by molar-refractivity contribution is 0.0685. The van der Waals surface area contributed by atoms with Crippen LogP contribution in [-0.2, 0) is 7.05 Å². The molecule has 0 aliphatic heterocycles. The van der Waals surface area contributed by atoms with Crippen molar-refractivity contribution >= 4 is 16.9 Å². The van der Waals surface area contributed by atoms with Crippen LogP contribution < -0.4 is 0 Å². The van der Waals surface area contributed by atoms with Crippen LogP contribution in [0.25, 0.3) is 10.9 Å². The number of benzene rings is 1. The van der Waals surface area contributed by atoms with E-state index in [1.165, 1.54) is 0 Å². The van der Waals surface area contributed by atoms with Gasteiger partial charge < -0.3 is 9.67 Å². The molecule has 16 heavy (non-hydrogen) atoms. The summed E-state index contributed by atoms with van der Waals surface area (Å²) >= 11 is 0. The summed E-state index contributed by atoms with van der Waals surface area (Å²) in [6.07, 6.45) is 2.24. The molecular formula is C13H13NO2. The summed E-state index contributed by atoms with van der Waals surface area (Å²) in [5, 5.41) is 10.4. The van der Waals surface area contributed by atoms with Crippen LogP contribution in [0.15, 0.2) is 24.3 Å². The molecule has 3 rings (SSSR count). The molecule has 0 radical (unpaired) electrons. The van der Waals surface area contributed by atoms with Crippen LogP contribution in [-0.4, -0.2) is 15.6 Å². The Morgan fingerprint density at radius 3 is 2.69 bits per heavy atom. The fourth-order valence-corrected chi connectivity index (χ4v) is 2.47. The van der Waals surface area contributed by atoms with Gasteiger partial charge in [-0.3, -0.25) is 0 Å². The second kappa shape index (κ2) is 3.11. The number of hydrogen-bond donors (Lipinski definition) is 1. The van der Waals surface area contributed by atoms with Gasteiger partial charge in [0.2, 0.25) is 0 Å². The van der Waals surface area contributed by atoms with E-state index in [0.29, 0.717) is 11.6 Å². The second-order valence-corrected chi connectivity index (χ2v) is 4.42. The van der Waals surface area contributed by atoms with E-state index in [-0.39, 0.29) is 0 Å². The number of carboxylic acid groups (broad SMARTS) is 1. The first kappa shape index (κ1) is 9.46. The summed E-state index contributed by atoms with van der Waals surface area (Å²) < 4.78 is 1.80. The molecular weight excluding hydrogens is 202 g/mol. The summed E-state index contributed by atoms with van der Waals surface area (Å²) in [7, 11) is 1.83. The number of para-hydroxylation sites is 1. The SMILES string of the molecule is Cn1c(C(=O)O)c(C2CC2)c2ccccc21. The number of aryl methyl sites for hydroxylation is 1. The van der Waals surface area contributed by atoms with Crippen LogP contribution >= 0.6 is 0 Å². The summed E-state index contributed by atoms with van der Waals surface area (Å²) in [6.45, 7) is 0. The highest BCUT2D eigenvalue weighted by molar-refractivity contribution is 5.98. The Labute approximate surface area is 93.3 Å². The Balaban J connectivity index is 2.41. The molecule has 0 atom stereocenters. The van der Waals surface area contributed by atoms with E-state index in [4.69, 9.17) is 0 Å². The molecule has 0 amide bonds. The first-order chi connectivity index (χ1) is 7.70. The van der Waals surface area contributed by atoms with Crippen molar-refractivity contribution in [2.75, 3.05) is 0 Å². The maximum atomic E-state index is 11.3. The number of fused-ring (bicyclic) bond motifs is 1. The van der Waals surface area contributed by atoms with E-state index in [2.05, 4.69) is 0 Å². The highest BCUT2D eigenvalue weighted by Gasteiger charge is 2.32. The van der Waals surface area contributed by atoms with Gasteiger partial charge in [0.05, 0.1) is 0 Å². The van der Waals surface area contributed by atoms with Gasteiger partial charge in [0.25, 0.3) is 0 Å². The summed E-state index contributed by atoms with van der Waals surface area (Å²) in [5.41, 5.74) is 2.51. The third-order valence-corrected chi connectivity index (χ3v) is 3.33. The van der Waals surface area contributed by atoms with Gasteiger partial charge in [-0.1, -0.05) is 18.2 Å². The van der Waals surface area contributed by atoms with E-state index in [1.807, 2.05) is 31.3 Å². The van der Waals surface area contributed by atoms with Gasteiger partial charge in [0, 0.05) is 18.0 Å². The first-order valence-electron chi connectivity index (χ1n) is 5.50. The lowest BCUT2D eigenvalue weighted by Gasteiger charge is -2.00. The van der Waals surface area contributed by atoms with Crippen molar-refractivity contribution in [3.8, 4) is 0 Å². The van der Waals surface area contributed by atoms with Gasteiger partial charge in [0.1, 0.15) is 5.69 Å². The second-order valence-electron chi connectivity index (χ2n) is 4.42. The largest absolute Gasteiger partial charge is 0.477 e. The number of nitrogens with zero attached hydrogens (tertiary/aromatic N) is 1. The molecule has 2 aromatic rings. The van der Waals surface area contributed by atoms with Gasteiger partial charge in [-0.15, -0.1) is 0 Å². The maximum absolute atomic E-state index is 11.3. The fourth-order valence-electron chi connectivity index (χ4n) is 2.47. The van der Waals surface area contributed by atoms with Gasteiger partial charge in [-0.2, -0.15) is 0 Å². The Morgan fingerprint density at radius 1 is 1.38 bits per heavy atom. The molecule has 1 aromatic heterocycles. The molecule has 1 N–H and O–H groups in total. The average molecular weight is 215 g/mol. The third kappa shape index (κ3) is 1.18. The predicted molar refractivity (Wildman–Crippen MR) is 61.9 cm³/mol. The zero-order valence-corrected chi connectivity index (χ0v) is 9.10. The van der Waals surface area contributed by atoms with E-state index in [9.17, 15) is 9.90 Å². The van der Waals surface area contributed by atoms with Gasteiger partial charge in [0.15, 0.2) is 0 Å². The van der Waals surface area contributed by atoms with Crippen molar-refractivity contribution in [1.29, 1.82) is 0 Å². The van der Waals surface area contributed by atoms with Crippen molar-refractivity contribution in [2.45, 2.75) is 18.8 Å². The zero-order chi connectivity index (χ0) is 11.3. The Hall–Kier alpha value is -1.77. The van der Waals surface area contributed by atoms with Gasteiger partial charge in [-0.05, 0) is 30.4 Å².